The molecule has 0 unspecified atom stereocenters. The van der Waals surface area contributed by atoms with Crippen LogP contribution >= 0.6 is 0 Å². The second-order valence-electron chi connectivity index (χ2n) is 7.52. The minimum absolute atomic E-state index is 0.238. The van der Waals surface area contributed by atoms with Gasteiger partial charge in [-0.1, -0.05) is 53.7 Å². The van der Waals surface area contributed by atoms with E-state index < -0.39 is 11.9 Å². The maximum Gasteiger partial charge on any atom is 0.310 e. The minimum atomic E-state index is -0.851. The summed E-state index contributed by atoms with van der Waals surface area (Å²) in [5, 5.41) is 19.8. The Balaban J connectivity index is 3.63. The summed E-state index contributed by atoms with van der Waals surface area (Å²) in [6.45, 7) is 13.8. The highest BCUT2D eigenvalue weighted by molar-refractivity contribution is 5.76. The van der Waals surface area contributed by atoms with Crippen LogP contribution in [0.1, 0.15) is 71.1 Å². The molecule has 0 aliphatic rings. The van der Waals surface area contributed by atoms with Crippen molar-refractivity contribution in [1.82, 2.24) is 0 Å². The lowest BCUT2D eigenvalue weighted by molar-refractivity contribution is -0.138. The Hall–Kier alpha value is -1.51. The summed E-state index contributed by atoms with van der Waals surface area (Å²) >= 11 is 0. The van der Waals surface area contributed by atoms with Crippen molar-refractivity contribution >= 4 is 5.97 Å². The van der Waals surface area contributed by atoms with Crippen LogP contribution in [0.25, 0.3) is 0 Å². The van der Waals surface area contributed by atoms with Crippen molar-refractivity contribution in [2.45, 2.75) is 65.2 Å². The number of carboxylic acids is 1. The van der Waals surface area contributed by atoms with E-state index in [0.717, 1.165) is 16.7 Å². The first-order chi connectivity index (χ1) is 8.85. The predicted octanol–water partition coefficient (Wildman–Crippen LogP) is 4.18. The third-order valence-electron chi connectivity index (χ3n) is 3.62. The topological polar surface area (TPSA) is 57.5 Å². The van der Waals surface area contributed by atoms with Gasteiger partial charge < -0.3 is 10.2 Å². The molecule has 1 aromatic carbocycles. The van der Waals surface area contributed by atoms with Gasteiger partial charge in [-0.05, 0) is 34.4 Å². The summed E-state index contributed by atoms with van der Waals surface area (Å²) < 4.78 is 0. The fraction of sp³-hybridized carbons (Fsp3) is 0.588. The standard InChI is InChI=1S/C17H26O3/c1-10(15(19)20)11-8-12(16(2,3)4)14(18)13(9-11)17(5,6)7/h8-10,18H,1-7H3,(H,19,20)/t10-/m0/s1. The zero-order chi connectivity index (χ0) is 15.9. The zero-order valence-corrected chi connectivity index (χ0v) is 13.5. The summed E-state index contributed by atoms with van der Waals surface area (Å²) in [5.41, 5.74) is 1.86. The molecule has 1 aromatic rings. The molecule has 20 heavy (non-hydrogen) atoms. The molecule has 3 heteroatoms. The zero-order valence-electron chi connectivity index (χ0n) is 13.5. The number of carboxylic acid groups (broad SMARTS) is 1. The number of carbonyl (C=O) groups is 1. The number of hydrogen-bond acceptors (Lipinski definition) is 2. The largest absolute Gasteiger partial charge is 0.507 e. The molecule has 0 bridgehead atoms. The van der Waals surface area contributed by atoms with E-state index in [1.54, 1.807) is 6.92 Å². The Labute approximate surface area is 121 Å². The molecule has 0 saturated carbocycles. The fourth-order valence-electron chi connectivity index (χ4n) is 2.19. The SMILES string of the molecule is C[C@H](C(=O)O)c1cc(C(C)(C)C)c(O)c(C(C)(C)C)c1. The third-order valence-corrected chi connectivity index (χ3v) is 3.62. The van der Waals surface area contributed by atoms with Gasteiger partial charge in [-0.15, -0.1) is 0 Å². The molecular formula is C17H26O3. The maximum absolute atomic E-state index is 11.2. The van der Waals surface area contributed by atoms with Crippen LogP contribution < -0.4 is 0 Å². The first kappa shape index (κ1) is 16.5. The first-order valence-electron chi connectivity index (χ1n) is 6.96. The Morgan fingerprint density at radius 2 is 1.35 bits per heavy atom. The van der Waals surface area contributed by atoms with Gasteiger partial charge in [-0.3, -0.25) is 4.79 Å². The van der Waals surface area contributed by atoms with Crippen LogP contribution in [-0.2, 0) is 15.6 Å². The lowest BCUT2D eigenvalue weighted by atomic mass is 9.77. The molecule has 1 atom stereocenters. The molecule has 0 amide bonds. The van der Waals surface area contributed by atoms with E-state index in [1.165, 1.54) is 0 Å². The smallest absolute Gasteiger partial charge is 0.310 e. The van der Waals surface area contributed by atoms with Gasteiger partial charge in [0.2, 0.25) is 0 Å². The van der Waals surface area contributed by atoms with Crippen molar-refractivity contribution in [3.8, 4) is 5.75 Å². The fourth-order valence-corrected chi connectivity index (χ4v) is 2.19. The highest BCUT2D eigenvalue weighted by atomic mass is 16.4. The van der Waals surface area contributed by atoms with Crippen LogP contribution in [0.15, 0.2) is 12.1 Å². The lowest BCUT2D eigenvalue weighted by Gasteiger charge is -2.28. The van der Waals surface area contributed by atoms with Crippen molar-refractivity contribution in [3.05, 3.63) is 28.8 Å². The Bertz CT molecular complexity index is 481. The highest BCUT2D eigenvalue weighted by Gasteiger charge is 2.28. The predicted molar refractivity (Wildman–Crippen MR) is 81.6 cm³/mol. The second kappa shape index (κ2) is 5.12. The molecule has 0 aliphatic heterocycles. The van der Waals surface area contributed by atoms with Crippen molar-refractivity contribution in [1.29, 1.82) is 0 Å². The normalized spacial score (nSPS) is 14.2. The van der Waals surface area contributed by atoms with E-state index in [-0.39, 0.29) is 16.6 Å². The van der Waals surface area contributed by atoms with Crippen LogP contribution in [-0.4, -0.2) is 16.2 Å². The number of aliphatic carboxylic acids is 1. The number of benzene rings is 1. The van der Waals surface area contributed by atoms with Crippen molar-refractivity contribution in [2.75, 3.05) is 0 Å². The van der Waals surface area contributed by atoms with Gasteiger partial charge in [-0.25, -0.2) is 0 Å². The van der Waals surface area contributed by atoms with Crippen LogP contribution in [0.4, 0.5) is 0 Å². The summed E-state index contributed by atoms with van der Waals surface area (Å²) in [4.78, 5) is 11.2. The summed E-state index contributed by atoms with van der Waals surface area (Å²) in [5.74, 6) is -1.15. The molecule has 2 N–H and O–H groups in total. The first-order valence-corrected chi connectivity index (χ1v) is 6.96. The molecule has 3 nitrogen and oxygen atoms in total. The van der Waals surface area contributed by atoms with E-state index >= 15 is 0 Å². The van der Waals surface area contributed by atoms with E-state index in [9.17, 15) is 15.0 Å². The van der Waals surface area contributed by atoms with Gasteiger partial charge in [0.25, 0.3) is 0 Å². The van der Waals surface area contributed by atoms with E-state index in [2.05, 4.69) is 0 Å². The van der Waals surface area contributed by atoms with Crippen LogP contribution in [0, 0.1) is 0 Å². The Kier molecular flexibility index (Phi) is 4.23. The summed E-state index contributed by atoms with van der Waals surface area (Å²) in [6, 6.07) is 3.65. The Morgan fingerprint density at radius 3 is 1.60 bits per heavy atom. The molecule has 0 aromatic heterocycles. The quantitative estimate of drug-likeness (QED) is 0.853. The van der Waals surface area contributed by atoms with Gasteiger partial charge in [0.05, 0.1) is 5.92 Å². The number of phenolic OH excluding ortho intramolecular Hbond substituents is 1. The van der Waals surface area contributed by atoms with Gasteiger partial charge >= 0.3 is 5.97 Å². The second-order valence-corrected chi connectivity index (χ2v) is 7.52. The molecule has 0 heterocycles. The monoisotopic (exact) mass is 278 g/mol. The van der Waals surface area contributed by atoms with Crippen LogP contribution in [0.2, 0.25) is 0 Å². The summed E-state index contributed by atoms with van der Waals surface area (Å²) in [6.07, 6.45) is 0. The highest BCUT2D eigenvalue weighted by Crippen LogP contribution is 2.41. The van der Waals surface area contributed by atoms with E-state index in [0.29, 0.717) is 0 Å². The van der Waals surface area contributed by atoms with Gasteiger partial charge in [0, 0.05) is 0 Å². The molecule has 1 rings (SSSR count). The minimum Gasteiger partial charge on any atom is -0.507 e. The van der Waals surface area contributed by atoms with Gasteiger partial charge in [-0.2, -0.15) is 0 Å². The average molecular weight is 278 g/mol. The lowest BCUT2D eigenvalue weighted by Crippen LogP contribution is -2.19. The molecule has 112 valence electrons. The van der Waals surface area contributed by atoms with Crippen LogP contribution in [0.5, 0.6) is 5.75 Å². The van der Waals surface area contributed by atoms with E-state index in [4.69, 9.17) is 0 Å². The molecular weight excluding hydrogens is 252 g/mol. The molecule has 0 radical (unpaired) electrons. The molecule has 0 fully saturated rings. The number of phenols is 1. The summed E-state index contributed by atoms with van der Waals surface area (Å²) in [7, 11) is 0. The number of hydrogen-bond donors (Lipinski definition) is 2. The van der Waals surface area contributed by atoms with Crippen molar-refractivity contribution in [3.63, 3.8) is 0 Å². The van der Waals surface area contributed by atoms with Gasteiger partial charge in [0.1, 0.15) is 5.75 Å². The Morgan fingerprint density at radius 1 is 1.00 bits per heavy atom. The average Bonchev–Trinajstić information content (AvgIpc) is 2.24. The van der Waals surface area contributed by atoms with Gasteiger partial charge in [0.15, 0.2) is 0 Å². The number of rotatable bonds is 2. The van der Waals surface area contributed by atoms with E-state index in [1.807, 2.05) is 53.7 Å². The molecule has 0 spiro atoms. The van der Waals surface area contributed by atoms with Crippen LogP contribution in [0.3, 0.4) is 0 Å². The third kappa shape index (κ3) is 3.33. The number of aromatic hydroxyl groups is 1. The molecule has 0 saturated heterocycles. The molecule has 0 aliphatic carbocycles. The van der Waals surface area contributed by atoms with Crippen molar-refractivity contribution < 1.29 is 15.0 Å². The van der Waals surface area contributed by atoms with Crippen molar-refractivity contribution in [2.24, 2.45) is 0 Å². The maximum atomic E-state index is 11.2.